The number of fused-ring (bicyclic) bond motifs is 3. The van der Waals surface area contributed by atoms with Crippen molar-refractivity contribution in [1.82, 2.24) is 9.97 Å². The number of hydrogen-bond acceptors (Lipinski definition) is 4. The number of benzene rings is 4. The molecule has 0 N–H and O–H groups in total. The molecule has 2 heterocycles. The Balaban J connectivity index is 1.48. The van der Waals surface area contributed by atoms with Gasteiger partial charge in [0.25, 0.3) is 0 Å². The van der Waals surface area contributed by atoms with Gasteiger partial charge < -0.3 is 9.32 Å². The lowest BCUT2D eigenvalue weighted by Crippen LogP contribution is -2.10. The van der Waals surface area contributed by atoms with Crippen LogP contribution in [0.15, 0.2) is 108 Å². The summed E-state index contributed by atoms with van der Waals surface area (Å²) in [4.78, 5) is 12.0. The van der Waals surface area contributed by atoms with Crippen molar-refractivity contribution in [2.75, 3.05) is 11.9 Å². The Labute approximate surface area is 198 Å². The molecule has 0 fully saturated rings. The van der Waals surface area contributed by atoms with Gasteiger partial charge in [-0.05, 0) is 48.9 Å². The predicted octanol–water partition coefficient (Wildman–Crippen LogP) is 7.79. The smallest absolute Gasteiger partial charge is 0.231 e. The quantitative estimate of drug-likeness (QED) is 0.280. The summed E-state index contributed by atoms with van der Waals surface area (Å²) in [6.07, 6.45) is 0. The summed E-state index contributed by atoms with van der Waals surface area (Å²) in [6, 6.07) is 35.0. The standard InChI is InChI=1S/C30H23N3O/c1-20-10-6-8-14-25(20)33(2)23-18-16-22(17-19-23)29-31-28(21-11-4-3-5-12-21)27-24-13-7-9-15-26(24)34-30(27)32-29/h3-19H,1-2H3. The number of rotatable bonds is 4. The van der Waals surface area contributed by atoms with Crippen molar-refractivity contribution in [2.24, 2.45) is 0 Å². The highest BCUT2D eigenvalue weighted by Gasteiger charge is 2.18. The van der Waals surface area contributed by atoms with E-state index < -0.39 is 0 Å². The van der Waals surface area contributed by atoms with Crippen LogP contribution in [-0.4, -0.2) is 17.0 Å². The molecule has 0 amide bonds. The SMILES string of the molecule is Cc1ccccc1N(C)c1ccc(-c2nc(-c3ccccc3)c3c(n2)oc2ccccc23)cc1. The van der Waals surface area contributed by atoms with Crippen LogP contribution in [0.1, 0.15) is 5.56 Å². The minimum absolute atomic E-state index is 0.603. The summed E-state index contributed by atoms with van der Waals surface area (Å²) >= 11 is 0. The van der Waals surface area contributed by atoms with Gasteiger partial charge >= 0.3 is 0 Å². The van der Waals surface area contributed by atoms with Crippen molar-refractivity contribution >= 4 is 33.4 Å². The van der Waals surface area contributed by atoms with E-state index in [1.807, 2.05) is 36.4 Å². The van der Waals surface area contributed by atoms with Crippen LogP contribution in [0.5, 0.6) is 0 Å². The zero-order valence-electron chi connectivity index (χ0n) is 19.1. The molecule has 2 aromatic heterocycles. The lowest BCUT2D eigenvalue weighted by atomic mass is 10.1. The number of aryl methyl sites for hydroxylation is 1. The summed E-state index contributed by atoms with van der Waals surface area (Å²) in [5, 5.41) is 1.97. The molecule has 164 valence electrons. The molecule has 0 unspecified atom stereocenters. The molecule has 0 saturated carbocycles. The molecule has 4 heteroatoms. The van der Waals surface area contributed by atoms with E-state index in [0.717, 1.165) is 38.9 Å². The maximum Gasteiger partial charge on any atom is 0.231 e. The average Bonchev–Trinajstić information content (AvgIpc) is 3.27. The molecule has 4 aromatic carbocycles. The van der Waals surface area contributed by atoms with E-state index in [1.54, 1.807) is 0 Å². The van der Waals surface area contributed by atoms with E-state index >= 15 is 0 Å². The highest BCUT2D eigenvalue weighted by atomic mass is 16.3. The minimum atomic E-state index is 0.603. The molecule has 0 radical (unpaired) electrons. The summed E-state index contributed by atoms with van der Waals surface area (Å²) in [5.41, 5.74) is 7.81. The maximum atomic E-state index is 6.15. The maximum absolute atomic E-state index is 6.15. The van der Waals surface area contributed by atoms with Gasteiger partial charge in [-0.1, -0.05) is 66.7 Å². The Morgan fingerprint density at radius 2 is 1.38 bits per heavy atom. The molecule has 6 aromatic rings. The van der Waals surface area contributed by atoms with Crippen LogP contribution in [0, 0.1) is 6.92 Å². The first-order valence-electron chi connectivity index (χ1n) is 11.3. The van der Waals surface area contributed by atoms with Gasteiger partial charge in [-0.2, -0.15) is 4.98 Å². The highest BCUT2D eigenvalue weighted by molar-refractivity contribution is 6.10. The van der Waals surface area contributed by atoms with E-state index in [0.29, 0.717) is 11.5 Å². The summed E-state index contributed by atoms with van der Waals surface area (Å²) in [6.45, 7) is 2.13. The molecule has 0 bridgehead atoms. The van der Waals surface area contributed by atoms with Gasteiger partial charge in [0.2, 0.25) is 5.71 Å². The predicted molar refractivity (Wildman–Crippen MR) is 139 cm³/mol. The van der Waals surface area contributed by atoms with Gasteiger partial charge in [0.05, 0.1) is 11.1 Å². The van der Waals surface area contributed by atoms with Crippen LogP contribution in [0.2, 0.25) is 0 Å². The highest BCUT2D eigenvalue weighted by Crippen LogP contribution is 2.36. The van der Waals surface area contributed by atoms with Gasteiger partial charge in [0, 0.05) is 34.9 Å². The first kappa shape index (κ1) is 20.2. The Morgan fingerprint density at radius 1 is 0.676 bits per heavy atom. The van der Waals surface area contributed by atoms with E-state index in [4.69, 9.17) is 14.4 Å². The van der Waals surface area contributed by atoms with Crippen molar-refractivity contribution in [3.8, 4) is 22.6 Å². The Kier molecular flexibility index (Phi) is 4.84. The number of furan rings is 1. The third kappa shape index (κ3) is 3.41. The van der Waals surface area contributed by atoms with Crippen molar-refractivity contribution < 1.29 is 4.42 Å². The molecule has 0 atom stereocenters. The lowest BCUT2D eigenvalue weighted by Gasteiger charge is -2.21. The second-order valence-corrected chi connectivity index (χ2v) is 8.43. The second-order valence-electron chi connectivity index (χ2n) is 8.43. The third-order valence-corrected chi connectivity index (χ3v) is 6.28. The largest absolute Gasteiger partial charge is 0.438 e. The van der Waals surface area contributed by atoms with E-state index in [1.165, 1.54) is 11.3 Å². The van der Waals surface area contributed by atoms with Crippen molar-refractivity contribution in [2.45, 2.75) is 6.92 Å². The molecule has 0 aliphatic heterocycles. The molecule has 0 aliphatic rings. The number of anilines is 2. The fourth-order valence-corrected chi connectivity index (χ4v) is 4.47. The topological polar surface area (TPSA) is 42.2 Å². The number of nitrogens with zero attached hydrogens (tertiary/aromatic N) is 3. The summed E-state index contributed by atoms with van der Waals surface area (Å²) < 4.78 is 6.15. The number of para-hydroxylation sites is 2. The molecular formula is C30H23N3O. The van der Waals surface area contributed by atoms with E-state index in [9.17, 15) is 0 Å². The van der Waals surface area contributed by atoms with Gasteiger partial charge in [0.15, 0.2) is 5.82 Å². The Hall–Kier alpha value is -4.44. The number of hydrogen-bond donors (Lipinski definition) is 0. The van der Waals surface area contributed by atoms with Crippen LogP contribution in [0.25, 0.3) is 44.7 Å². The zero-order chi connectivity index (χ0) is 23.1. The third-order valence-electron chi connectivity index (χ3n) is 6.28. The van der Waals surface area contributed by atoms with Gasteiger partial charge in [-0.15, -0.1) is 0 Å². The Morgan fingerprint density at radius 3 is 2.18 bits per heavy atom. The molecule has 34 heavy (non-hydrogen) atoms. The fourth-order valence-electron chi connectivity index (χ4n) is 4.47. The van der Waals surface area contributed by atoms with Gasteiger partial charge in [-0.25, -0.2) is 4.98 Å². The second kappa shape index (κ2) is 8.16. The molecule has 6 rings (SSSR count). The lowest BCUT2D eigenvalue weighted by molar-refractivity contribution is 0.653. The molecule has 0 aliphatic carbocycles. The van der Waals surface area contributed by atoms with Crippen LogP contribution in [0.4, 0.5) is 11.4 Å². The Bertz CT molecular complexity index is 1620. The zero-order valence-corrected chi connectivity index (χ0v) is 19.1. The van der Waals surface area contributed by atoms with Crippen LogP contribution < -0.4 is 4.90 Å². The first-order chi connectivity index (χ1) is 16.7. The van der Waals surface area contributed by atoms with Gasteiger partial charge in [-0.3, -0.25) is 0 Å². The van der Waals surface area contributed by atoms with Crippen molar-refractivity contribution in [3.63, 3.8) is 0 Å². The normalized spacial score (nSPS) is 11.2. The summed E-state index contributed by atoms with van der Waals surface area (Å²) in [5.74, 6) is 0.649. The molecular weight excluding hydrogens is 418 g/mol. The van der Waals surface area contributed by atoms with E-state index in [-0.39, 0.29) is 0 Å². The average molecular weight is 442 g/mol. The first-order valence-corrected chi connectivity index (χ1v) is 11.3. The van der Waals surface area contributed by atoms with Crippen molar-refractivity contribution in [3.05, 3.63) is 109 Å². The summed E-state index contributed by atoms with van der Waals surface area (Å²) in [7, 11) is 2.09. The van der Waals surface area contributed by atoms with Crippen LogP contribution in [-0.2, 0) is 0 Å². The van der Waals surface area contributed by atoms with E-state index in [2.05, 4.69) is 85.6 Å². The molecule has 4 nitrogen and oxygen atoms in total. The molecule has 0 saturated heterocycles. The van der Waals surface area contributed by atoms with Crippen LogP contribution in [0.3, 0.4) is 0 Å². The van der Waals surface area contributed by atoms with Crippen LogP contribution >= 0.6 is 0 Å². The minimum Gasteiger partial charge on any atom is -0.438 e. The molecule has 0 spiro atoms. The fraction of sp³-hybridized carbons (Fsp3) is 0.0667. The monoisotopic (exact) mass is 441 g/mol. The van der Waals surface area contributed by atoms with Gasteiger partial charge in [0.1, 0.15) is 5.58 Å². The number of aromatic nitrogens is 2. The van der Waals surface area contributed by atoms with Crippen molar-refractivity contribution in [1.29, 1.82) is 0 Å².